The minimum atomic E-state index is -0.747. The Hall–Kier alpha value is -2.19. The molecule has 0 heterocycles. The van der Waals surface area contributed by atoms with Gasteiger partial charge in [0.05, 0.1) is 5.56 Å². The Morgan fingerprint density at radius 3 is 2.62 bits per heavy atom. The predicted octanol–water partition coefficient (Wildman–Crippen LogP) is 1.21. The van der Waals surface area contributed by atoms with Crippen molar-refractivity contribution in [1.29, 1.82) is 0 Å². The second-order valence-electron chi connectivity index (χ2n) is 2.17. The third-order valence-electron chi connectivity index (χ3n) is 1.36. The summed E-state index contributed by atoms with van der Waals surface area (Å²) >= 11 is 0. The first-order valence-corrected chi connectivity index (χ1v) is 3.52. The second-order valence-corrected chi connectivity index (χ2v) is 2.17. The Kier molecular flexibility index (Phi) is 2.73. The summed E-state index contributed by atoms with van der Waals surface area (Å²) in [4.78, 5) is 10.7. The Morgan fingerprint density at radius 1 is 1.31 bits per heavy atom. The highest BCUT2D eigenvalue weighted by molar-refractivity contribution is 5.89. The molecule has 0 N–H and O–H groups in total. The van der Waals surface area contributed by atoms with Crippen LogP contribution in [0.5, 0.6) is 5.75 Å². The van der Waals surface area contributed by atoms with Gasteiger partial charge in [-0.15, -0.1) is 12.8 Å². The first-order chi connectivity index (χ1) is 6.27. The van der Waals surface area contributed by atoms with Crippen LogP contribution in [0.1, 0.15) is 5.56 Å². The van der Waals surface area contributed by atoms with Gasteiger partial charge < -0.3 is 4.74 Å². The second kappa shape index (κ2) is 3.99. The number of carbonyl (C=O) groups excluding carboxylic acids is 1. The lowest BCUT2D eigenvalue weighted by Crippen LogP contribution is -2.04. The average Bonchev–Trinajstić information content (AvgIpc) is 2.18. The zero-order valence-corrected chi connectivity index (χ0v) is 6.78. The molecule has 0 aliphatic rings. The van der Waals surface area contributed by atoms with E-state index in [1.165, 1.54) is 0 Å². The highest BCUT2D eigenvalue weighted by Gasteiger charge is 2.03. The van der Waals surface area contributed by atoms with Crippen LogP contribution in [0.15, 0.2) is 24.3 Å². The lowest BCUT2D eigenvalue weighted by molar-refractivity contribution is -0.128. The van der Waals surface area contributed by atoms with Gasteiger partial charge in [-0.05, 0) is 12.1 Å². The maximum absolute atomic E-state index is 10.7. The number of hydrogen-bond acceptors (Lipinski definition) is 2. The smallest absolute Gasteiger partial charge is 0.389 e. The fourth-order valence-electron chi connectivity index (χ4n) is 0.804. The van der Waals surface area contributed by atoms with Gasteiger partial charge in [0.2, 0.25) is 0 Å². The Labute approximate surface area is 76.5 Å². The van der Waals surface area contributed by atoms with Crippen LogP contribution in [0, 0.1) is 24.7 Å². The first-order valence-electron chi connectivity index (χ1n) is 3.52. The number of benzene rings is 1. The van der Waals surface area contributed by atoms with Crippen LogP contribution >= 0.6 is 0 Å². The van der Waals surface area contributed by atoms with E-state index < -0.39 is 5.97 Å². The number of rotatable bonds is 1. The van der Waals surface area contributed by atoms with Crippen molar-refractivity contribution in [2.45, 2.75) is 0 Å². The van der Waals surface area contributed by atoms with E-state index in [0.29, 0.717) is 11.3 Å². The van der Waals surface area contributed by atoms with Crippen LogP contribution in [0.4, 0.5) is 0 Å². The highest BCUT2D eigenvalue weighted by atomic mass is 16.5. The molecule has 0 aliphatic heterocycles. The molecule has 62 valence electrons. The molecule has 1 aromatic carbocycles. The van der Waals surface area contributed by atoms with E-state index in [2.05, 4.69) is 5.92 Å². The van der Waals surface area contributed by atoms with Gasteiger partial charge >= 0.3 is 5.97 Å². The SMILES string of the molecule is C#CC(=O)Oc1ccccc1C#C. The number of terminal acetylenes is 2. The summed E-state index contributed by atoms with van der Waals surface area (Å²) in [5.74, 6) is 3.78. The van der Waals surface area contributed by atoms with Gasteiger partial charge in [-0.1, -0.05) is 18.1 Å². The number of carbonyl (C=O) groups is 1. The summed E-state index contributed by atoms with van der Waals surface area (Å²) < 4.78 is 4.77. The van der Waals surface area contributed by atoms with Crippen molar-refractivity contribution in [3.8, 4) is 30.4 Å². The van der Waals surface area contributed by atoms with Crippen molar-refractivity contribution in [2.75, 3.05) is 0 Å². The molecule has 0 fully saturated rings. The molecule has 0 radical (unpaired) electrons. The van der Waals surface area contributed by atoms with E-state index in [1.807, 2.05) is 5.92 Å². The molecule has 0 spiro atoms. The molecule has 0 bridgehead atoms. The van der Waals surface area contributed by atoms with Crippen LogP contribution in [0.3, 0.4) is 0 Å². The van der Waals surface area contributed by atoms with Gasteiger partial charge in [-0.25, -0.2) is 4.79 Å². The quantitative estimate of drug-likeness (QED) is 0.274. The van der Waals surface area contributed by atoms with Crippen LogP contribution in [0.2, 0.25) is 0 Å². The van der Waals surface area contributed by atoms with E-state index in [-0.39, 0.29) is 0 Å². The van der Waals surface area contributed by atoms with Crippen LogP contribution < -0.4 is 4.74 Å². The van der Waals surface area contributed by atoms with Crippen molar-refractivity contribution in [1.82, 2.24) is 0 Å². The van der Waals surface area contributed by atoms with E-state index in [4.69, 9.17) is 17.6 Å². The van der Waals surface area contributed by atoms with Crippen molar-refractivity contribution in [2.24, 2.45) is 0 Å². The highest BCUT2D eigenvalue weighted by Crippen LogP contribution is 2.16. The molecule has 2 nitrogen and oxygen atoms in total. The summed E-state index contributed by atoms with van der Waals surface area (Å²) in [5.41, 5.74) is 0.506. The van der Waals surface area contributed by atoms with Crippen LogP contribution in [0.25, 0.3) is 0 Å². The van der Waals surface area contributed by atoms with Crippen molar-refractivity contribution < 1.29 is 9.53 Å². The van der Waals surface area contributed by atoms with Crippen molar-refractivity contribution in [3.63, 3.8) is 0 Å². The summed E-state index contributed by atoms with van der Waals surface area (Å²) in [7, 11) is 0. The Bertz CT molecular complexity index is 405. The molecular weight excluding hydrogens is 164 g/mol. The molecular formula is C11H6O2. The molecule has 0 aromatic heterocycles. The zero-order valence-electron chi connectivity index (χ0n) is 6.78. The summed E-state index contributed by atoms with van der Waals surface area (Å²) in [6.07, 6.45) is 10.0. The molecule has 2 heteroatoms. The van der Waals surface area contributed by atoms with E-state index in [9.17, 15) is 4.79 Å². The van der Waals surface area contributed by atoms with Gasteiger partial charge in [0.1, 0.15) is 5.75 Å². The van der Waals surface area contributed by atoms with Gasteiger partial charge in [-0.3, -0.25) is 0 Å². The predicted molar refractivity (Wildman–Crippen MR) is 48.8 cm³/mol. The molecule has 13 heavy (non-hydrogen) atoms. The minimum absolute atomic E-state index is 0.313. The summed E-state index contributed by atoms with van der Waals surface area (Å²) in [6.45, 7) is 0. The number of hydrogen-bond donors (Lipinski definition) is 0. The normalized spacial score (nSPS) is 8.15. The van der Waals surface area contributed by atoms with E-state index in [0.717, 1.165) is 0 Å². The molecule has 0 aliphatic carbocycles. The molecule has 0 amide bonds. The maximum atomic E-state index is 10.7. The van der Waals surface area contributed by atoms with Crippen LogP contribution in [-0.2, 0) is 4.79 Å². The average molecular weight is 170 g/mol. The standard InChI is InChI=1S/C11H6O2/c1-3-9-7-5-6-8-10(9)13-11(12)4-2/h1-2,5-8H. The number of para-hydroxylation sites is 1. The van der Waals surface area contributed by atoms with Gasteiger partial charge in [0, 0.05) is 5.92 Å². The third-order valence-corrected chi connectivity index (χ3v) is 1.36. The monoisotopic (exact) mass is 170 g/mol. The van der Waals surface area contributed by atoms with Gasteiger partial charge in [-0.2, -0.15) is 0 Å². The fourth-order valence-corrected chi connectivity index (χ4v) is 0.804. The fraction of sp³-hybridized carbons (Fsp3) is 0. The minimum Gasteiger partial charge on any atom is -0.416 e. The largest absolute Gasteiger partial charge is 0.416 e. The molecule has 0 saturated carbocycles. The van der Waals surface area contributed by atoms with E-state index in [1.54, 1.807) is 24.3 Å². The Balaban J connectivity index is 2.97. The van der Waals surface area contributed by atoms with Crippen LogP contribution in [-0.4, -0.2) is 5.97 Å². The van der Waals surface area contributed by atoms with Crippen molar-refractivity contribution >= 4 is 5.97 Å². The molecule has 0 unspecified atom stereocenters. The lowest BCUT2D eigenvalue weighted by Gasteiger charge is -2.01. The lowest BCUT2D eigenvalue weighted by atomic mass is 10.2. The summed E-state index contributed by atoms with van der Waals surface area (Å²) in [6, 6.07) is 6.71. The molecule has 0 atom stereocenters. The number of esters is 1. The molecule has 1 aromatic rings. The third kappa shape index (κ3) is 2.12. The van der Waals surface area contributed by atoms with Gasteiger partial charge in [0.15, 0.2) is 0 Å². The maximum Gasteiger partial charge on any atom is 0.389 e. The molecule has 0 saturated heterocycles. The topological polar surface area (TPSA) is 26.3 Å². The molecule has 1 rings (SSSR count). The number of ether oxygens (including phenoxy) is 1. The Morgan fingerprint density at radius 2 is 2.00 bits per heavy atom. The first kappa shape index (κ1) is 8.90. The van der Waals surface area contributed by atoms with Crippen molar-refractivity contribution in [3.05, 3.63) is 29.8 Å². The summed E-state index contributed by atoms with van der Waals surface area (Å²) in [5, 5.41) is 0. The zero-order chi connectivity index (χ0) is 9.68. The van der Waals surface area contributed by atoms with Gasteiger partial charge in [0.25, 0.3) is 0 Å². The van der Waals surface area contributed by atoms with E-state index >= 15 is 0 Å².